The number of halogens is 5. The number of nitrogens with zero attached hydrogens (tertiary/aromatic N) is 23. The maximum Gasteiger partial charge on any atom is 0.378 e. The van der Waals surface area contributed by atoms with Gasteiger partial charge in [0.05, 0.1) is 35.2 Å². The molecule has 12 heterocycles. The van der Waals surface area contributed by atoms with Crippen LogP contribution in [0.15, 0.2) is 382 Å². The lowest BCUT2D eigenvalue weighted by molar-refractivity contribution is -0.129. The van der Waals surface area contributed by atoms with E-state index in [0.29, 0.717) is 132 Å². The molecule has 754 valence electrons. The molecule has 0 radical (unpaired) electrons. The number of ether oxygens (including phenoxy) is 1. The first kappa shape index (κ1) is 109. The van der Waals surface area contributed by atoms with E-state index < -0.39 is 50.6 Å². The number of alkyl halides is 5. The fraction of sp³-hybridized carbons (Fsp3) is 0.157. The topological polar surface area (TPSA) is 425 Å². The van der Waals surface area contributed by atoms with Crippen LogP contribution in [0.2, 0.25) is 0 Å². The summed E-state index contributed by atoms with van der Waals surface area (Å²) in [4.78, 5) is 99.3. The number of carbonyl (C=O) groups excluding carboxylic acids is 6. The lowest BCUT2D eigenvalue weighted by atomic mass is 10.2. The minimum Gasteiger partial charge on any atom is -0.383 e. The highest BCUT2D eigenvalue weighted by atomic mass is 32.2. The Bertz CT molecular complexity index is 7000. The van der Waals surface area contributed by atoms with Crippen LogP contribution in [0.1, 0.15) is 31.2 Å². The largest absolute Gasteiger partial charge is 0.383 e. The first-order chi connectivity index (χ1) is 72.0. The molecule has 0 bridgehead atoms. The second kappa shape index (κ2) is 56.3. The lowest BCUT2D eigenvalue weighted by Crippen LogP contribution is -2.32. The van der Waals surface area contributed by atoms with Gasteiger partial charge in [-0.3, -0.25) is 63.2 Å². The van der Waals surface area contributed by atoms with Crippen LogP contribution in [-0.4, -0.2) is 199 Å². The highest BCUT2D eigenvalue weighted by molar-refractivity contribution is 8.15. The maximum absolute atomic E-state index is 14.5. The average Bonchev–Trinajstić information content (AvgIpc) is 1.63. The Labute approximate surface area is 871 Å². The smallest absolute Gasteiger partial charge is 0.378 e. The Hall–Kier alpha value is -16.3. The average molecular weight is 2110 g/mol. The van der Waals surface area contributed by atoms with Crippen LogP contribution >= 0.6 is 70.6 Å². The molecule has 4 unspecified atom stereocenters. The number of thioether (sulfide) groups is 6. The van der Waals surface area contributed by atoms with E-state index in [9.17, 15) is 50.7 Å². The van der Waals surface area contributed by atoms with Gasteiger partial charge in [0.15, 0.2) is 43.9 Å². The van der Waals surface area contributed by atoms with Crippen LogP contribution in [0.25, 0.3) is 46.1 Å². The van der Waals surface area contributed by atoms with Gasteiger partial charge in [0.1, 0.15) is 38.1 Å². The number of hydrogen-bond acceptors (Lipinski definition) is 31. The Morgan fingerprint density at radius 2 is 0.757 bits per heavy atom. The number of hydrogen-bond donors (Lipinski definition) is 5. The second-order valence-corrected chi connectivity index (χ2v) is 37.0. The van der Waals surface area contributed by atoms with E-state index in [1.54, 1.807) is 202 Å². The molecule has 6 aromatic carbocycles. The number of carbonyl (C=O) groups is 6. The van der Waals surface area contributed by atoms with Gasteiger partial charge < -0.3 is 49.9 Å². The Morgan fingerprint density at radius 1 is 0.405 bits per heavy atom. The number of benzene rings is 6. The predicted octanol–water partition coefficient (Wildman–Crippen LogP) is 19.0. The molecule has 10 aromatic heterocycles. The van der Waals surface area contributed by atoms with E-state index in [0.717, 1.165) is 58.0 Å². The molecule has 16 aromatic rings. The molecule has 0 saturated heterocycles. The highest BCUT2D eigenvalue weighted by Crippen LogP contribution is 2.38. The monoisotopic (exact) mass is 2110 g/mol. The summed E-state index contributed by atoms with van der Waals surface area (Å²) < 4.78 is 83.2. The fourth-order valence-electron chi connectivity index (χ4n) is 12.9. The summed E-state index contributed by atoms with van der Waals surface area (Å²) >= 11 is 4.94. The van der Waals surface area contributed by atoms with Crippen molar-refractivity contribution in [1.82, 2.24) is 89.0 Å². The van der Waals surface area contributed by atoms with Gasteiger partial charge in [-0.1, -0.05) is 199 Å². The molecular weight excluding hydrogens is 2020 g/mol. The molecule has 2 aliphatic heterocycles. The normalized spacial score (nSPS) is 12.5. The van der Waals surface area contributed by atoms with Crippen LogP contribution in [0.4, 0.5) is 56.1 Å². The number of methoxy groups -OCH3 is 1. The Kier molecular flexibility index (Phi) is 41.4. The number of rotatable bonds is 33. The van der Waals surface area contributed by atoms with Crippen LogP contribution in [-0.2, 0) is 60.7 Å². The van der Waals surface area contributed by atoms with Crippen molar-refractivity contribution in [2.75, 3.05) is 58.0 Å². The van der Waals surface area contributed by atoms with Gasteiger partial charge in [-0.25, -0.2) is 13.2 Å². The van der Waals surface area contributed by atoms with Crippen LogP contribution in [0.5, 0.6) is 0 Å². The standard InChI is InChI=1S/C19H21N5O2S.C18H17N5OS.C17H16FN5OS.C16H13F2N5OS.2C16H13FN4OS/c1-3-24-17(15-11-7-8-12-20-15)22-23-19(24)27-16(13-26-2)18(25)21-14-9-5-4-6-10-14;1-2-12-23-17(15-10-6-7-11-19-15)21-22-18(23)25-13-16(24)20-14-8-4-3-5-9-14;1-22(12-8-4-3-5-9-12)16(24)14(18)25-17-21-20-15(23(17)2)13-10-6-7-11-19-13;1-23-13(12-9-5-6-10-19-12)21-22-15(23)25-16(17,18)14(24)20-11-7-3-2-4-8-11;2*17-15(16(22)19-11-6-2-1-3-7-11)23-14-10-13(20-21-14)12-8-4-5-9-18-12/h4-12,16H,3,13H2,1-2H3,(H,21,25);2-11H,1,12-13H2,(H,20,24);3-11,14H,1-2H3;2-10H,1H3,(H,20,24);2*1-9,15H,10H2,(H,19,22). The number of nitrogens with one attached hydrogen (secondary N) is 5. The lowest BCUT2D eigenvalue weighted by Gasteiger charge is -2.18. The number of para-hydroxylation sites is 6. The van der Waals surface area contributed by atoms with Crippen molar-refractivity contribution in [3.63, 3.8) is 0 Å². The van der Waals surface area contributed by atoms with Gasteiger partial charge in [-0.2, -0.15) is 19.0 Å². The third-order valence-corrected chi connectivity index (χ3v) is 26.0. The number of pyridine rings is 6. The van der Waals surface area contributed by atoms with Crippen molar-refractivity contribution >= 4 is 162 Å². The zero-order valence-electron chi connectivity index (χ0n) is 79.5. The number of aromatic nitrogens is 18. The Balaban J connectivity index is 0.000000148. The van der Waals surface area contributed by atoms with E-state index in [1.165, 1.54) is 52.2 Å². The van der Waals surface area contributed by atoms with Gasteiger partial charge in [-0.15, -0.1) is 57.6 Å². The summed E-state index contributed by atoms with van der Waals surface area (Å²) in [6.45, 7) is 7.26. The third kappa shape index (κ3) is 32.4. The molecule has 2 aliphatic rings. The molecule has 0 spiro atoms. The van der Waals surface area contributed by atoms with E-state index in [4.69, 9.17) is 4.74 Å². The molecule has 0 saturated carbocycles. The molecule has 0 fully saturated rings. The summed E-state index contributed by atoms with van der Waals surface area (Å²) in [5.41, 5.74) is 3.64. The minimum atomic E-state index is -3.71. The molecule has 6 amide bonds. The molecule has 148 heavy (non-hydrogen) atoms. The van der Waals surface area contributed by atoms with E-state index in [-0.39, 0.29) is 41.1 Å². The quantitative estimate of drug-likeness (QED) is 0.0145. The maximum atomic E-state index is 14.5. The summed E-state index contributed by atoms with van der Waals surface area (Å²) in [6.07, 6.45) is 12.5. The van der Waals surface area contributed by atoms with Crippen molar-refractivity contribution in [2.24, 2.45) is 34.5 Å². The van der Waals surface area contributed by atoms with Gasteiger partial charge in [0.2, 0.25) is 28.3 Å². The van der Waals surface area contributed by atoms with E-state index in [1.807, 2.05) is 162 Å². The predicted molar refractivity (Wildman–Crippen MR) is 570 cm³/mol. The molecule has 18 rings (SSSR count). The number of amides is 6. The van der Waals surface area contributed by atoms with Gasteiger partial charge >= 0.3 is 11.2 Å². The van der Waals surface area contributed by atoms with Crippen molar-refractivity contribution in [3.8, 4) is 46.1 Å². The Morgan fingerprint density at radius 3 is 1.16 bits per heavy atom. The van der Waals surface area contributed by atoms with Gasteiger partial charge in [0, 0.05) is 125 Å². The molecule has 46 heteroatoms. The summed E-state index contributed by atoms with van der Waals surface area (Å²) in [5, 5.41) is 59.7. The second-order valence-electron chi connectivity index (χ2n) is 30.5. The zero-order valence-corrected chi connectivity index (χ0v) is 84.4. The summed E-state index contributed by atoms with van der Waals surface area (Å²) in [6, 6.07) is 86.0. The van der Waals surface area contributed by atoms with Crippen molar-refractivity contribution in [3.05, 3.63) is 352 Å². The zero-order chi connectivity index (χ0) is 104. The van der Waals surface area contributed by atoms with Crippen LogP contribution in [0, 0.1) is 0 Å². The molecule has 0 aliphatic carbocycles. The van der Waals surface area contributed by atoms with Crippen molar-refractivity contribution in [1.29, 1.82) is 0 Å². The van der Waals surface area contributed by atoms with Crippen LogP contribution < -0.4 is 31.5 Å². The minimum absolute atomic E-state index is 0.0316. The van der Waals surface area contributed by atoms with Gasteiger partial charge in [0.25, 0.3) is 17.7 Å². The highest BCUT2D eigenvalue weighted by Gasteiger charge is 2.43. The van der Waals surface area contributed by atoms with Crippen molar-refractivity contribution in [2.45, 2.75) is 80.5 Å². The summed E-state index contributed by atoms with van der Waals surface area (Å²) in [7, 11) is 6.37. The van der Waals surface area contributed by atoms with E-state index in [2.05, 4.69) is 124 Å². The first-order valence-corrected chi connectivity index (χ1v) is 50.2. The SMILES string of the molecule is C=CCn1c(SCC(=O)Nc2ccccc2)nnc1-c1ccccn1.CCn1c(SC(COC)C(=O)Nc2ccccc2)nnc1-c1ccccn1.CN(C(=O)C(F)Sc1nnc(-c2ccccn2)n1C)c1ccccc1.Cn1c(SC(F)(F)C(=O)Nc2ccccc2)nnc1-c1ccccn1.O=C(Nc1ccccc1)C(F)SC1=NN=C(c2ccccn2)C1.O=C(Nc1ccccc1)C(F)SC1=NN=C(c2ccccn2)C1. The molecule has 5 N–H and O–H groups in total. The number of anilines is 6. The molecular formula is C102H93F5N28O7S6. The fourth-order valence-corrected chi connectivity index (χ4v) is 17.6. The van der Waals surface area contributed by atoms with E-state index >= 15 is 0 Å². The third-order valence-electron chi connectivity index (χ3n) is 20.1. The first-order valence-electron chi connectivity index (χ1n) is 44.9. The summed E-state index contributed by atoms with van der Waals surface area (Å²) in [5.74, 6) is -1.31. The molecule has 35 nitrogen and oxygen atoms in total. The molecule has 4 atom stereocenters. The number of allylic oxidation sites excluding steroid dienone is 1. The van der Waals surface area contributed by atoms with Crippen molar-refractivity contribution < 1.29 is 55.5 Å². The van der Waals surface area contributed by atoms with Gasteiger partial charge in [-0.05, 0) is 176 Å². The van der Waals surface area contributed by atoms with Crippen LogP contribution in [0.3, 0.4) is 0 Å².